The van der Waals surface area contributed by atoms with Crippen LogP contribution in [0.2, 0.25) is 0 Å². The number of aliphatic hydroxyl groups is 1. The minimum Gasteiger partial charge on any atom is -0.395 e. The van der Waals surface area contributed by atoms with E-state index in [2.05, 4.69) is 11.8 Å². The Balaban J connectivity index is 1.95. The second-order valence-electron chi connectivity index (χ2n) is 4.34. The lowest BCUT2D eigenvalue weighted by Crippen LogP contribution is -2.40. The monoisotopic (exact) mass is 259 g/mol. The maximum Gasteiger partial charge on any atom is 0.248 e. The molecule has 1 aliphatic rings. The summed E-state index contributed by atoms with van der Waals surface area (Å²) >= 11 is 0. The third kappa shape index (κ3) is 4.09. The van der Waals surface area contributed by atoms with Crippen LogP contribution in [0.5, 0.6) is 0 Å². The molecule has 0 saturated carbocycles. The van der Waals surface area contributed by atoms with Crippen LogP contribution in [-0.4, -0.2) is 42.3 Å². The highest BCUT2D eigenvalue weighted by atomic mass is 16.5. The van der Waals surface area contributed by atoms with Crippen LogP contribution in [0.3, 0.4) is 0 Å². The number of morpholine rings is 1. The van der Waals surface area contributed by atoms with Gasteiger partial charge in [0.1, 0.15) is 6.61 Å². The van der Waals surface area contributed by atoms with Gasteiger partial charge in [-0.3, -0.25) is 4.79 Å². The van der Waals surface area contributed by atoms with Crippen LogP contribution in [0.15, 0.2) is 24.3 Å². The molecular weight excluding hydrogens is 242 g/mol. The molecule has 0 unspecified atom stereocenters. The van der Waals surface area contributed by atoms with Crippen molar-refractivity contribution in [3.8, 4) is 11.8 Å². The van der Waals surface area contributed by atoms with Gasteiger partial charge in [0.2, 0.25) is 5.91 Å². The second kappa shape index (κ2) is 6.93. The van der Waals surface area contributed by atoms with Gasteiger partial charge in [-0.15, -0.1) is 0 Å². The largest absolute Gasteiger partial charge is 0.395 e. The van der Waals surface area contributed by atoms with Crippen LogP contribution in [0.25, 0.3) is 0 Å². The maximum atomic E-state index is 11.6. The number of nitrogens with zero attached hydrogens (tertiary/aromatic N) is 1. The van der Waals surface area contributed by atoms with Crippen molar-refractivity contribution in [1.82, 2.24) is 4.90 Å². The Labute approximate surface area is 113 Å². The predicted octanol–water partition coefficient (Wildman–Crippen LogP) is 0.779. The molecule has 0 atom stereocenters. The fourth-order valence-electron chi connectivity index (χ4n) is 1.85. The lowest BCUT2D eigenvalue weighted by molar-refractivity contribution is -0.143. The SMILES string of the molecule is O=C1COCCN1Cc1ccc(C#CCCO)cc1. The van der Waals surface area contributed by atoms with Gasteiger partial charge in [-0.25, -0.2) is 0 Å². The molecular formula is C15H17NO3. The van der Waals surface area contributed by atoms with Crippen molar-refractivity contribution in [3.05, 3.63) is 35.4 Å². The number of ether oxygens (including phenoxy) is 1. The Hall–Kier alpha value is -1.83. The Kier molecular flexibility index (Phi) is 4.96. The summed E-state index contributed by atoms with van der Waals surface area (Å²) in [6.07, 6.45) is 0.490. The van der Waals surface area contributed by atoms with Gasteiger partial charge < -0.3 is 14.7 Å². The third-order valence-corrected chi connectivity index (χ3v) is 2.88. The molecule has 2 rings (SSSR count). The van der Waals surface area contributed by atoms with Crippen molar-refractivity contribution < 1.29 is 14.6 Å². The highest BCUT2D eigenvalue weighted by molar-refractivity contribution is 5.78. The van der Waals surface area contributed by atoms with E-state index in [1.807, 2.05) is 24.3 Å². The number of rotatable bonds is 3. The topological polar surface area (TPSA) is 49.8 Å². The van der Waals surface area contributed by atoms with Gasteiger partial charge in [0, 0.05) is 25.1 Å². The summed E-state index contributed by atoms with van der Waals surface area (Å²) in [5, 5.41) is 8.65. The van der Waals surface area contributed by atoms with E-state index in [0.29, 0.717) is 26.1 Å². The normalized spacial score (nSPS) is 15.0. The number of amides is 1. The lowest BCUT2D eigenvalue weighted by atomic mass is 10.1. The molecule has 1 saturated heterocycles. The van der Waals surface area contributed by atoms with Crippen LogP contribution in [0.4, 0.5) is 0 Å². The zero-order chi connectivity index (χ0) is 13.5. The zero-order valence-corrected chi connectivity index (χ0v) is 10.8. The fraction of sp³-hybridized carbons (Fsp3) is 0.400. The van der Waals surface area contributed by atoms with E-state index < -0.39 is 0 Å². The van der Waals surface area contributed by atoms with Crippen molar-refractivity contribution in [2.75, 3.05) is 26.4 Å². The molecule has 4 heteroatoms. The second-order valence-corrected chi connectivity index (χ2v) is 4.34. The Morgan fingerprint density at radius 2 is 2.11 bits per heavy atom. The molecule has 4 nitrogen and oxygen atoms in total. The van der Waals surface area contributed by atoms with Gasteiger partial charge in [0.25, 0.3) is 0 Å². The number of hydrogen-bond acceptors (Lipinski definition) is 3. The van der Waals surface area contributed by atoms with Crippen molar-refractivity contribution >= 4 is 5.91 Å². The van der Waals surface area contributed by atoms with Crippen molar-refractivity contribution in [2.45, 2.75) is 13.0 Å². The summed E-state index contributed by atoms with van der Waals surface area (Å²) in [7, 11) is 0. The van der Waals surface area contributed by atoms with E-state index in [9.17, 15) is 4.79 Å². The van der Waals surface area contributed by atoms with Crippen molar-refractivity contribution in [1.29, 1.82) is 0 Å². The van der Waals surface area contributed by atoms with E-state index in [-0.39, 0.29) is 19.1 Å². The van der Waals surface area contributed by atoms with Crippen LogP contribution in [0, 0.1) is 11.8 Å². The first-order valence-corrected chi connectivity index (χ1v) is 6.34. The quantitative estimate of drug-likeness (QED) is 0.816. The minimum atomic E-state index is 0.0399. The van der Waals surface area contributed by atoms with Crippen LogP contribution in [-0.2, 0) is 16.1 Å². The summed E-state index contributed by atoms with van der Waals surface area (Å²) < 4.78 is 5.09. The van der Waals surface area contributed by atoms with E-state index >= 15 is 0 Å². The van der Waals surface area contributed by atoms with Gasteiger partial charge in [0.05, 0.1) is 13.2 Å². The summed E-state index contributed by atoms with van der Waals surface area (Å²) in [5.74, 6) is 5.89. The average Bonchev–Trinajstić information content (AvgIpc) is 2.44. The zero-order valence-electron chi connectivity index (χ0n) is 10.8. The number of carbonyl (C=O) groups excluding carboxylic acids is 1. The molecule has 1 aromatic rings. The molecule has 1 N–H and O–H groups in total. The number of benzene rings is 1. The first-order valence-electron chi connectivity index (χ1n) is 6.34. The Morgan fingerprint density at radius 3 is 2.79 bits per heavy atom. The molecule has 100 valence electrons. The third-order valence-electron chi connectivity index (χ3n) is 2.88. The molecule has 0 aliphatic carbocycles. The smallest absolute Gasteiger partial charge is 0.248 e. The lowest BCUT2D eigenvalue weighted by Gasteiger charge is -2.26. The first-order chi connectivity index (χ1) is 9.29. The minimum absolute atomic E-state index is 0.0399. The molecule has 1 amide bonds. The van der Waals surface area contributed by atoms with Crippen molar-refractivity contribution in [3.63, 3.8) is 0 Å². The average molecular weight is 259 g/mol. The summed E-state index contributed by atoms with van der Waals surface area (Å²) in [6, 6.07) is 7.83. The van der Waals surface area contributed by atoms with Crippen LogP contribution in [0.1, 0.15) is 17.5 Å². The van der Waals surface area contributed by atoms with Gasteiger partial charge in [-0.05, 0) is 17.7 Å². The summed E-state index contributed by atoms with van der Waals surface area (Å²) in [5.41, 5.74) is 2.01. The maximum absolute atomic E-state index is 11.6. The number of hydrogen-bond donors (Lipinski definition) is 1. The Morgan fingerprint density at radius 1 is 1.32 bits per heavy atom. The molecule has 1 heterocycles. The van der Waals surface area contributed by atoms with Crippen molar-refractivity contribution in [2.24, 2.45) is 0 Å². The van der Waals surface area contributed by atoms with Crippen LogP contribution >= 0.6 is 0 Å². The highest BCUT2D eigenvalue weighted by Crippen LogP contribution is 2.09. The number of aliphatic hydroxyl groups excluding tert-OH is 1. The van der Waals surface area contributed by atoms with Gasteiger partial charge >= 0.3 is 0 Å². The predicted molar refractivity (Wildman–Crippen MR) is 71.3 cm³/mol. The molecule has 0 bridgehead atoms. The fourth-order valence-corrected chi connectivity index (χ4v) is 1.85. The first kappa shape index (κ1) is 13.6. The molecule has 1 aromatic carbocycles. The molecule has 1 aliphatic heterocycles. The van der Waals surface area contributed by atoms with E-state index in [4.69, 9.17) is 9.84 Å². The summed E-state index contributed by atoms with van der Waals surface area (Å²) in [6.45, 7) is 2.15. The van der Waals surface area contributed by atoms with E-state index in [0.717, 1.165) is 11.1 Å². The van der Waals surface area contributed by atoms with E-state index in [1.54, 1.807) is 4.90 Å². The van der Waals surface area contributed by atoms with Crippen LogP contribution < -0.4 is 0 Å². The van der Waals surface area contributed by atoms with Gasteiger partial charge in [0.15, 0.2) is 0 Å². The molecule has 0 radical (unpaired) electrons. The van der Waals surface area contributed by atoms with Gasteiger partial charge in [-0.1, -0.05) is 24.0 Å². The Bertz CT molecular complexity index is 484. The van der Waals surface area contributed by atoms with E-state index in [1.165, 1.54) is 0 Å². The molecule has 19 heavy (non-hydrogen) atoms. The standard InChI is InChI=1S/C15H17NO3/c17-9-2-1-3-13-4-6-14(7-5-13)11-16-8-10-19-12-15(16)18/h4-7,17H,2,8-12H2. The number of carbonyl (C=O) groups is 1. The molecule has 0 spiro atoms. The molecule has 1 fully saturated rings. The highest BCUT2D eigenvalue weighted by Gasteiger charge is 2.18. The molecule has 0 aromatic heterocycles. The summed E-state index contributed by atoms with van der Waals surface area (Å²) in [4.78, 5) is 13.4. The van der Waals surface area contributed by atoms with Gasteiger partial charge in [-0.2, -0.15) is 0 Å².